The van der Waals surface area contributed by atoms with E-state index in [1.807, 2.05) is 28.8 Å². The van der Waals surface area contributed by atoms with Crippen LogP contribution in [0.25, 0.3) is 11.0 Å². The van der Waals surface area contributed by atoms with Gasteiger partial charge in [-0.05, 0) is 17.7 Å². The lowest BCUT2D eigenvalue weighted by Gasteiger charge is -2.08. The highest BCUT2D eigenvalue weighted by Crippen LogP contribution is 2.31. The molecule has 23 heavy (non-hydrogen) atoms. The van der Waals surface area contributed by atoms with E-state index >= 15 is 0 Å². The summed E-state index contributed by atoms with van der Waals surface area (Å²) in [6.07, 6.45) is 1.46. The Morgan fingerprint density at radius 2 is 2.04 bits per heavy atom. The van der Waals surface area contributed by atoms with Gasteiger partial charge in [-0.25, -0.2) is 9.97 Å². The van der Waals surface area contributed by atoms with Crippen molar-refractivity contribution >= 4 is 22.7 Å². The quantitative estimate of drug-likeness (QED) is 0.764. The molecule has 0 fully saturated rings. The SMILES string of the molecule is CNc1ncnc2c1c(C#N)c(N)n2Cc1ccc(OC)cc1. The summed E-state index contributed by atoms with van der Waals surface area (Å²) in [6, 6.07) is 9.83. The summed E-state index contributed by atoms with van der Waals surface area (Å²) < 4.78 is 6.98. The number of nitrogen functional groups attached to an aromatic ring is 1. The summed E-state index contributed by atoms with van der Waals surface area (Å²) in [6.45, 7) is 0.508. The van der Waals surface area contributed by atoms with E-state index in [0.717, 1.165) is 11.3 Å². The molecule has 7 nitrogen and oxygen atoms in total. The van der Waals surface area contributed by atoms with Gasteiger partial charge in [-0.1, -0.05) is 12.1 Å². The van der Waals surface area contributed by atoms with Crippen molar-refractivity contribution in [3.05, 3.63) is 41.7 Å². The highest BCUT2D eigenvalue weighted by molar-refractivity contribution is 5.97. The van der Waals surface area contributed by atoms with Crippen LogP contribution in [0.2, 0.25) is 0 Å². The highest BCUT2D eigenvalue weighted by atomic mass is 16.5. The fourth-order valence-electron chi connectivity index (χ4n) is 2.56. The van der Waals surface area contributed by atoms with Crippen LogP contribution in [0.3, 0.4) is 0 Å². The summed E-state index contributed by atoms with van der Waals surface area (Å²) in [4.78, 5) is 8.46. The van der Waals surface area contributed by atoms with Gasteiger partial charge in [-0.3, -0.25) is 0 Å². The highest BCUT2D eigenvalue weighted by Gasteiger charge is 2.19. The van der Waals surface area contributed by atoms with Crippen LogP contribution in [0.5, 0.6) is 5.75 Å². The molecule has 0 aliphatic heterocycles. The number of hydrogen-bond acceptors (Lipinski definition) is 6. The van der Waals surface area contributed by atoms with Crippen LogP contribution in [0.1, 0.15) is 11.1 Å². The summed E-state index contributed by atoms with van der Waals surface area (Å²) >= 11 is 0. The van der Waals surface area contributed by atoms with E-state index in [1.165, 1.54) is 6.33 Å². The molecule has 0 radical (unpaired) electrons. The van der Waals surface area contributed by atoms with Crippen molar-refractivity contribution in [3.8, 4) is 11.8 Å². The first-order valence-electron chi connectivity index (χ1n) is 7.03. The molecule has 0 aliphatic rings. The number of fused-ring (bicyclic) bond motifs is 1. The largest absolute Gasteiger partial charge is 0.497 e. The Balaban J connectivity index is 2.13. The normalized spacial score (nSPS) is 10.5. The van der Waals surface area contributed by atoms with Crippen molar-refractivity contribution in [2.24, 2.45) is 0 Å². The van der Waals surface area contributed by atoms with Crippen molar-refractivity contribution in [3.63, 3.8) is 0 Å². The molecule has 0 amide bonds. The second-order valence-corrected chi connectivity index (χ2v) is 4.98. The molecule has 2 heterocycles. The van der Waals surface area contributed by atoms with Gasteiger partial charge >= 0.3 is 0 Å². The zero-order chi connectivity index (χ0) is 16.4. The Morgan fingerprint density at radius 1 is 1.30 bits per heavy atom. The molecule has 3 aromatic rings. The van der Waals surface area contributed by atoms with Gasteiger partial charge in [0.25, 0.3) is 0 Å². The summed E-state index contributed by atoms with van der Waals surface area (Å²) in [5.41, 5.74) is 8.23. The zero-order valence-electron chi connectivity index (χ0n) is 12.9. The molecule has 0 spiro atoms. The molecule has 0 unspecified atom stereocenters. The van der Waals surface area contributed by atoms with Gasteiger partial charge < -0.3 is 20.4 Å². The standard InChI is InChI=1S/C16H16N6O/c1-19-15-13-12(7-17)14(18)22(16(13)21-9-20-15)8-10-3-5-11(23-2)6-4-10/h3-6,9H,8,18H2,1-2H3,(H,19,20,21). The Kier molecular flexibility index (Phi) is 3.73. The average molecular weight is 308 g/mol. The smallest absolute Gasteiger partial charge is 0.148 e. The fourth-order valence-corrected chi connectivity index (χ4v) is 2.56. The monoisotopic (exact) mass is 308 g/mol. The summed E-state index contributed by atoms with van der Waals surface area (Å²) in [5, 5.41) is 13.1. The molecule has 2 aromatic heterocycles. The van der Waals surface area contributed by atoms with E-state index in [2.05, 4.69) is 21.4 Å². The number of rotatable bonds is 4. The number of anilines is 2. The van der Waals surface area contributed by atoms with Crippen LogP contribution in [0.15, 0.2) is 30.6 Å². The lowest BCUT2D eigenvalue weighted by atomic mass is 10.2. The maximum atomic E-state index is 9.44. The van der Waals surface area contributed by atoms with Gasteiger partial charge in [-0.2, -0.15) is 5.26 Å². The number of nitrogens with two attached hydrogens (primary N) is 1. The van der Waals surface area contributed by atoms with Crippen LogP contribution < -0.4 is 15.8 Å². The van der Waals surface area contributed by atoms with Gasteiger partial charge in [0.15, 0.2) is 0 Å². The molecule has 116 valence electrons. The molecule has 0 aliphatic carbocycles. The molecule has 7 heteroatoms. The van der Waals surface area contributed by atoms with Crippen molar-refractivity contribution in [2.75, 3.05) is 25.2 Å². The molecule has 1 aromatic carbocycles. The zero-order valence-corrected chi connectivity index (χ0v) is 12.9. The first-order chi connectivity index (χ1) is 11.2. The summed E-state index contributed by atoms with van der Waals surface area (Å²) in [5.74, 6) is 1.76. The molecule has 0 atom stereocenters. The molecule has 0 saturated heterocycles. The number of nitriles is 1. The second-order valence-electron chi connectivity index (χ2n) is 4.98. The Bertz CT molecular complexity index is 892. The van der Waals surface area contributed by atoms with E-state index in [1.54, 1.807) is 14.2 Å². The van der Waals surface area contributed by atoms with Crippen LogP contribution in [0, 0.1) is 11.3 Å². The molecule has 0 bridgehead atoms. The van der Waals surface area contributed by atoms with Gasteiger partial charge in [0.2, 0.25) is 0 Å². The number of methoxy groups -OCH3 is 1. The van der Waals surface area contributed by atoms with E-state index < -0.39 is 0 Å². The van der Waals surface area contributed by atoms with E-state index in [0.29, 0.717) is 34.8 Å². The van der Waals surface area contributed by atoms with Gasteiger partial charge in [0.05, 0.1) is 19.0 Å². The minimum atomic E-state index is 0.385. The topological polar surface area (TPSA) is 102 Å². The number of nitrogens with zero attached hydrogens (tertiary/aromatic N) is 4. The predicted molar refractivity (Wildman–Crippen MR) is 88.3 cm³/mol. The third-order valence-corrected chi connectivity index (χ3v) is 3.73. The van der Waals surface area contributed by atoms with Crippen molar-refractivity contribution in [1.29, 1.82) is 5.26 Å². The molecule has 0 saturated carbocycles. The van der Waals surface area contributed by atoms with Crippen LogP contribution in [0.4, 0.5) is 11.6 Å². The third-order valence-electron chi connectivity index (χ3n) is 3.73. The Morgan fingerprint density at radius 3 is 2.65 bits per heavy atom. The second kappa shape index (κ2) is 5.85. The van der Waals surface area contributed by atoms with Gasteiger partial charge in [0.1, 0.15) is 41.0 Å². The summed E-state index contributed by atoms with van der Waals surface area (Å²) in [7, 11) is 3.38. The molecule has 3 rings (SSSR count). The molecular weight excluding hydrogens is 292 g/mol. The number of nitrogens with one attached hydrogen (secondary N) is 1. The van der Waals surface area contributed by atoms with E-state index in [-0.39, 0.29) is 0 Å². The maximum absolute atomic E-state index is 9.44. The van der Waals surface area contributed by atoms with Crippen molar-refractivity contribution < 1.29 is 4.74 Å². The van der Waals surface area contributed by atoms with E-state index in [4.69, 9.17) is 10.5 Å². The van der Waals surface area contributed by atoms with Gasteiger partial charge in [0, 0.05) is 7.05 Å². The minimum absolute atomic E-state index is 0.385. The maximum Gasteiger partial charge on any atom is 0.148 e. The van der Waals surface area contributed by atoms with Crippen molar-refractivity contribution in [1.82, 2.24) is 14.5 Å². The number of aromatic nitrogens is 3. The third kappa shape index (κ3) is 2.40. The first-order valence-corrected chi connectivity index (χ1v) is 7.03. The van der Waals surface area contributed by atoms with Gasteiger partial charge in [-0.15, -0.1) is 0 Å². The van der Waals surface area contributed by atoms with Crippen LogP contribution >= 0.6 is 0 Å². The van der Waals surface area contributed by atoms with Crippen LogP contribution in [-0.4, -0.2) is 28.7 Å². The number of ether oxygens (including phenoxy) is 1. The lowest BCUT2D eigenvalue weighted by Crippen LogP contribution is -2.05. The Labute approximate surface area is 133 Å². The first kappa shape index (κ1) is 14.7. The number of hydrogen-bond donors (Lipinski definition) is 2. The minimum Gasteiger partial charge on any atom is -0.497 e. The molecular formula is C16H16N6O. The fraction of sp³-hybridized carbons (Fsp3) is 0.188. The molecule has 3 N–H and O–H groups in total. The Hall–Kier alpha value is -3.27. The average Bonchev–Trinajstić information content (AvgIpc) is 2.87. The predicted octanol–water partition coefficient (Wildman–Crippen LogP) is 1.98. The van der Waals surface area contributed by atoms with Crippen molar-refractivity contribution in [2.45, 2.75) is 6.54 Å². The van der Waals surface area contributed by atoms with Crippen LogP contribution in [-0.2, 0) is 6.54 Å². The van der Waals surface area contributed by atoms with E-state index in [9.17, 15) is 5.26 Å². The number of benzene rings is 1. The lowest BCUT2D eigenvalue weighted by molar-refractivity contribution is 0.414.